The molecular formula is C18H22O6. The van der Waals surface area contributed by atoms with Crippen LogP contribution in [0.25, 0.3) is 0 Å². The van der Waals surface area contributed by atoms with Gasteiger partial charge in [0.1, 0.15) is 5.60 Å². The summed E-state index contributed by atoms with van der Waals surface area (Å²) >= 11 is 0. The summed E-state index contributed by atoms with van der Waals surface area (Å²) in [4.78, 5) is 0. The van der Waals surface area contributed by atoms with E-state index in [4.69, 9.17) is 14.2 Å². The Kier molecular flexibility index (Phi) is 5.21. The van der Waals surface area contributed by atoms with Gasteiger partial charge in [0.05, 0.1) is 27.4 Å². The van der Waals surface area contributed by atoms with Crippen LogP contribution in [0.5, 0.6) is 23.0 Å². The SMILES string of the molecule is COc1cccc(C(O)(c2cccc(O)c2OC)[C@H](C)O)c1OC. The molecule has 2 aromatic carbocycles. The normalized spacial score (nSPS) is 14.6. The summed E-state index contributed by atoms with van der Waals surface area (Å²) in [5.74, 6) is 0.628. The Labute approximate surface area is 140 Å². The quantitative estimate of drug-likeness (QED) is 0.749. The first-order valence-corrected chi connectivity index (χ1v) is 7.40. The van der Waals surface area contributed by atoms with E-state index in [9.17, 15) is 15.3 Å². The molecule has 2 rings (SSSR count). The molecule has 2 aromatic rings. The van der Waals surface area contributed by atoms with Crippen LogP contribution in [0.2, 0.25) is 0 Å². The molecule has 0 spiro atoms. The molecule has 0 aliphatic carbocycles. The van der Waals surface area contributed by atoms with Gasteiger partial charge in [0.15, 0.2) is 23.0 Å². The van der Waals surface area contributed by atoms with Crippen molar-refractivity contribution in [3.05, 3.63) is 47.5 Å². The first kappa shape index (κ1) is 17.9. The minimum Gasteiger partial charge on any atom is -0.504 e. The molecule has 0 bridgehead atoms. The van der Waals surface area contributed by atoms with E-state index in [0.29, 0.717) is 11.3 Å². The number of phenolic OH excluding ortho intramolecular Hbond substituents is 1. The molecule has 6 nitrogen and oxygen atoms in total. The molecule has 0 aromatic heterocycles. The zero-order valence-electron chi connectivity index (χ0n) is 14.1. The summed E-state index contributed by atoms with van der Waals surface area (Å²) < 4.78 is 15.9. The first-order valence-electron chi connectivity index (χ1n) is 7.40. The highest BCUT2D eigenvalue weighted by Crippen LogP contribution is 2.47. The van der Waals surface area contributed by atoms with Crippen LogP contribution in [-0.4, -0.2) is 42.8 Å². The highest BCUT2D eigenvalue weighted by atomic mass is 16.5. The minimum atomic E-state index is -1.88. The maximum Gasteiger partial charge on any atom is 0.167 e. The predicted octanol–water partition coefficient (Wildman–Crippen LogP) is 2.03. The summed E-state index contributed by atoms with van der Waals surface area (Å²) in [7, 11) is 4.31. The monoisotopic (exact) mass is 334 g/mol. The topological polar surface area (TPSA) is 88.4 Å². The number of aromatic hydroxyl groups is 1. The summed E-state index contributed by atoms with van der Waals surface area (Å²) in [6.07, 6.45) is -1.23. The summed E-state index contributed by atoms with van der Waals surface area (Å²) in [6.45, 7) is 1.45. The standard InChI is InChI=1S/C18H22O6/c1-11(19)18(21,12-7-5-9-14(20)16(12)23-3)13-8-6-10-15(22-2)17(13)24-4/h5-11,19-21H,1-4H3/t11-,18?/m0/s1. The van der Waals surface area contributed by atoms with Crippen LogP contribution in [0.3, 0.4) is 0 Å². The van der Waals surface area contributed by atoms with Gasteiger partial charge in [-0.2, -0.15) is 0 Å². The number of rotatable bonds is 6. The van der Waals surface area contributed by atoms with Crippen molar-refractivity contribution in [1.29, 1.82) is 0 Å². The van der Waals surface area contributed by atoms with Crippen LogP contribution >= 0.6 is 0 Å². The third-order valence-corrected chi connectivity index (χ3v) is 4.03. The average Bonchev–Trinajstić information content (AvgIpc) is 2.59. The molecule has 3 N–H and O–H groups in total. The Morgan fingerprint density at radius 2 is 1.42 bits per heavy atom. The summed E-state index contributed by atoms with van der Waals surface area (Å²) in [6, 6.07) is 9.56. The molecular weight excluding hydrogens is 312 g/mol. The molecule has 24 heavy (non-hydrogen) atoms. The first-order chi connectivity index (χ1) is 11.4. The van der Waals surface area contributed by atoms with Crippen LogP contribution in [0.1, 0.15) is 18.1 Å². The van der Waals surface area contributed by atoms with E-state index in [1.807, 2.05) is 0 Å². The highest BCUT2D eigenvalue weighted by Gasteiger charge is 2.43. The van der Waals surface area contributed by atoms with Crippen LogP contribution in [0, 0.1) is 0 Å². The zero-order chi connectivity index (χ0) is 17.9. The fourth-order valence-corrected chi connectivity index (χ4v) is 2.82. The maximum absolute atomic E-state index is 11.4. The van der Waals surface area contributed by atoms with Crippen molar-refractivity contribution >= 4 is 0 Å². The molecule has 0 aliphatic rings. The van der Waals surface area contributed by atoms with Gasteiger partial charge in [0.25, 0.3) is 0 Å². The van der Waals surface area contributed by atoms with Gasteiger partial charge in [-0.15, -0.1) is 0 Å². The van der Waals surface area contributed by atoms with Crippen molar-refractivity contribution < 1.29 is 29.5 Å². The van der Waals surface area contributed by atoms with Crippen molar-refractivity contribution in [2.75, 3.05) is 21.3 Å². The molecule has 0 saturated heterocycles. The highest BCUT2D eigenvalue weighted by molar-refractivity contribution is 5.58. The molecule has 0 heterocycles. The fraction of sp³-hybridized carbons (Fsp3) is 0.333. The molecule has 1 unspecified atom stereocenters. The molecule has 0 amide bonds. The number of para-hydroxylation sites is 2. The summed E-state index contributed by atoms with van der Waals surface area (Å²) in [5.41, 5.74) is -1.38. The number of ether oxygens (including phenoxy) is 3. The second-order valence-corrected chi connectivity index (χ2v) is 5.34. The Morgan fingerprint density at radius 1 is 0.875 bits per heavy atom. The van der Waals surface area contributed by atoms with E-state index in [1.54, 1.807) is 30.3 Å². The van der Waals surface area contributed by atoms with Crippen LogP contribution < -0.4 is 14.2 Å². The Hall–Kier alpha value is -2.44. The number of benzene rings is 2. The Bertz CT molecular complexity index is 713. The van der Waals surface area contributed by atoms with Crippen molar-refractivity contribution in [2.24, 2.45) is 0 Å². The van der Waals surface area contributed by atoms with Gasteiger partial charge >= 0.3 is 0 Å². The van der Waals surface area contributed by atoms with Gasteiger partial charge in [-0.25, -0.2) is 0 Å². The van der Waals surface area contributed by atoms with E-state index in [2.05, 4.69) is 0 Å². The van der Waals surface area contributed by atoms with Gasteiger partial charge in [0.2, 0.25) is 0 Å². The average molecular weight is 334 g/mol. The molecule has 0 radical (unpaired) electrons. The predicted molar refractivity (Wildman–Crippen MR) is 88.9 cm³/mol. The molecule has 0 saturated carbocycles. The third-order valence-electron chi connectivity index (χ3n) is 4.03. The van der Waals surface area contributed by atoms with E-state index in [-0.39, 0.29) is 22.8 Å². The van der Waals surface area contributed by atoms with Gasteiger partial charge in [-0.05, 0) is 19.1 Å². The molecule has 6 heteroatoms. The second-order valence-electron chi connectivity index (χ2n) is 5.34. The lowest BCUT2D eigenvalue weighted by molar-refractivity contribution is -0.0423. The Balaban J connectivity index is 2.82. The minimum absolute atomic E-state index is 0.0748. The molecule has 0 fully saturated rings. The number of hydrogen-bond acceptors (Lipinski definition) is 6. The van der Waals surface area contributed by atoms with Crippen molar-refractivity contribution in [3.8, 4) is 23.0 Å². The lowest BCUT2D eigenvalue weighted by Crippen LogP contribution is -2.39. The second kappa shape index (κ2) is 6.98. The van der Waals surface area contributed by atoms with Crippen molar-refractivity contribution in [3.63, 3.8) is 0 Å². The van der Waals surface area contributed by atoms with E-state index in [0.717, 1.165) is 0 Å². The number of phenols is 1. The largest absolute Gasteiger partial charge is 0.504 e. The molecule has 0 aliphatic heterocycles. The smallest absolute Gasteiger partial charge is 0.167 e. The van der Waals surface area contributed by atoms with Gasteiger partial charge < -0.3 is 29.5 Å². The molecule has 2 atom stereocenters. The lowest BCUT2D eigenvalue weighted by atomic mass is 9.81. The third kappa shape index (κ3) is 2.74. The number of hydrogen-bond donors (Lipinski definition) is 3. The number of methoxy groups -OCH3 is 3. The fourth-order valence-electron chi connectivity index (χ4n) is 2.82. The summed E-state index contributed by atoms with van der Waals surface area (Å²) in [5, 5.41) is 31.8. The van der Waals surface area contributed by atoms with Crippen LogP contribution in [0.4, 0.5) is 0 Å². The van der Waals surface area contributed by atoms with Crippen molar-refractivity contribution in [1.82, 2.24) is 0 Å². The Morgan fingerprint density at radius 3 is 1.92 bits per heavy atom. The molecule has 130 valence electrons. The van der Waals surface area contributed by atoms with Gasteiger partial charge in [-0.3, -0.25) is 0 Å². The number of aliphatic hydroxyl groups excluding tert-OH is 1. The van der Waals surface area contributed by atoms with Gasteiger partial charge in [0, 0.05) is 11.1 Å². The van der Waals surface area contributed by atoms with Crippen molar-refractivity contribution in [2.45, 2.75) is 18.6 Å². The van der Waals surface area contributed by atoms with Gasteiger partial charge in [-0.1, -0.05) is 24.3 Å². The maximum atomic E-state index is 11.4. The van der Waals surface area contributed by atoms with E-state index in [1.165, 1.54) is 34.3 Å². The van der Waals surface area contributed by atoms with E-state index < -0.39 is 11.7 Å². The lowest BCUT2D eigenvalue weighted by Gasteiger charge is -2.34. The van der Waals surface area contributed by atoms with Crippen LogP contribution in [-0.2, 0) is 5.60 Å². The zero-order valence-corrected chi connectivity index (χ0v) is 14.1. The van der Waals surface area contributed by atoms with Crippen LogP contribution in [0.15, 0.2) is 36.4 Å². The number of aliphatic hydroxyl groups is 2. The van der Waals surface area contributed by atoms with E-state index >= 15 is 0 Å².